The molecule has 1 aliphatic rings. The van der Waals surface area contributed by atoms with Gasteiger partial charge in [-0.25, -0.2) is 8.78 Å². The number of benzene rings is 2. The first-order valence-corrected chi connectivity index (χ1v) is 10.9. The van der Waals surface area contributed by atoms with Crippen molar-refractivity contribution in [3.63, 3.8) is 0 Å². The van der Waals surface area contributed by atoms with Crippen LogP contribution in [-0.2, 0) is 11.3 Å². The number of carbonyl (C=O) groups is 1. The number of nitrogens with one attached hydrogen (secondary N) is 1. The van der Waals surface area contributed by atoms with E-state index >= 15 is 0 Å². The van der Waals surface area contributed by atoms with E-state index in [0.29, 0.717) is 49.9 Å². The van der Waals surface area contributed by atoms with Gasteiger partial charge in [0, 0.05) is 37.1 Å². The zero-order valence-electron chi connectivity index (χ0n) is 18.4. The number of amides is 1. The average Bonchev–Trinajstić information content (AvgIpc) is 3.20. The smallest absolute Gasteiger partial charge is 0.268 e. The van der Waals surface area contributed by atoms with Gasteiger partial charge in [-0.2, -0.15) is 0 Å². The predicted molar refractivity (Wildman–Crippen MR) is 123 cm³/mol. The molecule has 33 heavy (non-hydrogen) atoms. The molecule has 0 saturated carbocycles. The van der Waals surface area contributed by atoms with Crippen molar-refractivity contribution in [2.75, 3.05) is 46.0 Å². The Morgan fingerprint density at radius 2 is 2.00 bits per heavy atom. The van der Waals surface area contributed by atoms with Crippen molar-refractivity contribution in [1.29, 1.82) is 0 Å². The molecule has 2 aromatic carbocycles. The topological polar surface area (TPSA) is 55.7 Å². The predicted octanol–water partition coefficient (Wildman–Crippen LogP) is 3.59. The van der Waals surface area contributed by atoms with Crippen molar-refractivity contribution in [2.45, 2.75) is 6.54 Å². The Kier molecular flexibility index (Phi) is 7.36. The Bertz CT molecular complexity index is 1140. The van der Waals surface area contributed by atoms with Gasteiger partial charge in [0.25, 0.3) is 5.91 Å². The first-order chi connectivity index (χ1) is 16.1. The molecule has 1 saturated heterocycles. The van der Waals surface area contributed by atoms with Crippen LogP contribution in [0.15, 0.2) is 55.1 Å². The minimum atomic E-state index is -0.533. The molecule has 0 spiro atoms. The van der Waals surface area contributed by atoms with E-state index in [2.05, 4.69) is 16.8 Å². The molecule has 2 heterocycles. The third kappa shape index (κ3) is 5.40. The van der Waals surface area contributed by atoms with E-state index < -0.39 is 11.6 Å². The van der Waals surface area contributed by atoms with Crippen LogP contribution in [0.25, 0.3) is 10.9 Å². The van der Waals surface area contributed by atoms with Crippen LogP contribution in [0.3, 0.4) is 0 Å². The summed E-state index contributed by atoms with van der Waals surface area (Å²) in [4.78, 5) is 15.4. The number of carbonyl (C=O) groups excluding carboxylic acids is 1. The highest BCUT2D eigenvalue weighted by Gasteiger charge is 2.20. The highest BCUT2D eigenvalue weighted by Crippen LogP contribution is 2.30. The Morgan fingerprint density at radius 1 is 1.18 bits per heavy atom. The summed E-state index contributed by atoms with van der Waals surface area (Å²) in [5.74, 6) is -0.760. The van der Waals surface area contributed by atoms with E-state index in [1.165, 1.54) is 0 Å². The number of hydrogen-bond donors (Lipinski definition) is 1. The van der Waals surface area contributed by atoms with Crippen molar-refractivity contribution in [2.24, 2.45) is 0 Å². The van der Waals surface area contributed by atoms with Crippen LogP contribution in [0.1, 0.15) is 16.1 Å². The first kappa shape index (κ1) is 22.9. The van der Waals surface area contributed by atoms with Crippen LogP contribution in [-0.4, -0.2) is 61.4 Å². The van der Waals surface area contributed by atoms with Crippen molar-refractivity contribution >= 4 is 16.8 Å². The molecular weight excluding hydrogens is 428 g/mol. The van der Waals surface area contributed by atoms with Gasteiger partial charge in [-0.05, 0) is 36.4 Å². The summed E-state index contributed by atoms with van der Waals surface area (Å²) in [5.41, 5.74) is 1.20. The monoisotopic (exact) mass is 455 g/mol. The maximum atomic E-state index is 14.4. The fraction of sp³-hybridized carbons (Fsp3) is 0.320. The van der Waals surface area contributed by atoms with Crippen LogP contribution in [0, 0.1) is 11.6 Å². The number of fused-ring (bicyclic) bond motifs is 1. The maximum Gasteiger partial charge on any atom is 0.268 e. The number of hydrogen-bond acceptors (Lipinski definition) is 4. The van der Waals surface area contributed by atoms with E-state index in [1.54, 1.807) is 28.8 Å². The van der Waals surface area contributed by atoms with Gasteiger partial charge in [0.1, 0.15) is 29.7 Å². The van der Waals surface area contributed by atoms with Gasteiger partial charge in [-0.15, -0.1) is 0 Å². The molecule has 1 fully saturated rings. The molecule has 4 rings (SSSR count). The highest BCUT2D eigenvalue weighted by atomic mass is 19.1. The summed E-state index contributed by atoms with van der Waals surface area (Å²) >= 11 is 0. The number of ether oxygens (including phenoxy) is 2. The molecule has 0 bridgehead atoms. The largest absolute Gasteiger partial charge is 0.489 e. The second-order valence-electron chi connectivity index (χ2n) is 7.85. The van der Waals surface area contributed by atoms with Gasteiger partial charge in [0.2, 0.25) is 0 Å². The lowest BCUT2D eigenvalue weighted by Gasteiger charge is -2.26. The zero-order valence-corrected chi connectivity index (χ0v) is 18.4. The molecule has 0 aliphatic carbocycles. The number of halogens is 2. The van der Waals surface area contributed by atoms with E-state index in [1.807, 2.05) is 6.07 Å². The number of nitrogens with zero attached hydrogens (tertiary/aromatic N) is 2. The summed E-state index contributed by atoms with van der Waals surface area (Å²) in [6, 6.07) is 10.5. The van der Waals surface area contributed by atoms with Gasteiger partial charge < -0.3 is 19.4 Å². The maximum absolute atomic E-state index is 14.4. The molecule has 1 aromatic heterocycles. The van der Waals surface area contributed by atoms with E-state index in [4.69, 9.17) is 9.47 Å². The Hall–Kier alpha value is -3.23. The summed E-state index contributed by atoms with van der Waals surface area (Å²) in [6.45, 7) is 8.20. The van der Waals surface area contributed by atoms with Crippen LogP contribution in [0.5, 0.6) is 5.75 Å². The molecule has 8 heteroatoms. The molecule has 6 nitrogen and oxygen atoms in total. The molecule has 0 unspecified atom stereocenters. The van der Waals surface area contributed by atoms with Crippen LogP contribution in [0.4, 0.5) is 8.78 Å². The second-order valence-corrected chi connectivity index (χ2v) is 7.85. The fourth-order valence-electron chi connectivity index (χ4n) is 3.97. The Balaban J connectivity index is 1.64. The molecule has 0 atom stereocenters. The van der Waals surface area contributed by atoms with E-state index in [0.717, 1.165) is 36.7 Å². The van der Waals surface area contributed by atoms with Gasteiger partial charge in [-0.1, -0.05) is 18.7 Å². The molecule has 1 aliphatic heterocycles. The minimum Gasteiger partial charge on any atom is -0.489 e. The van der Waals surface area contributed by atoms with Gasteiger partial charge in [0.15, 0.2) is 0 Å². The summed E-state index contributed by atoms with van der Waals surface area (Å²) in [7, 11) is 0. The van der Waals surface area contributed by atoms with Crippen LogP contribution < -0.4 is 10.1 Å². The van der Waals surface area contributed by atoms with Gasteiger partial charge >= 0.3 is 0 Å². The summed E-state index contributed by atoms with van der Waals surface area (Å²) in [6.07, 6.45) is 1.64. The zero-order chi connectivity index (χ0) is 23.2. The van der Waals surface area contributed by atoms with Gasteiger partial charge in [0.05, 0.1) is 25.3 Å². The summed E-state index contributed by atoms with van der Waals surface area (Å²) in [5, 5.41) is 3.67. The lowest BCUT2D eigenvalue weighted by Crippen LogP contribution is -2.41. The molecule has 1 amide bonds. The summed E-state index contributed by atoms with van der Waals surface area (Å²) < 4.78 is 41.0. The fourth-order valence-corrected chi connectivity index (χ4v) is 3.97. The van der Waals surface area contributed by atoms with Crippen LogP contribution >= 0.6 is 0 Å². The first-order valence-electron chi connectivity index (χ1n) is 10.9. The van der Waals surface area contributed by atoms with Crippen molar-refractivity contribution in [3.8, 4) is 5.75 Å². The third-order valence-electron chi connectivity index (χ3n) is 5.65. The molecule has 174 valence electrons. The number of morpholine rings is 1. The average molecular weight is 456 g/mol. The molecule has 0 radical (unpaired) electrons. The Morgan fingerprint density at radius 3 is 2.79 bits per heavy atom. The number of aromatic nitrogens is 1. The van der Waals surface area contributed by atoms with E-state index in [9.17, 15) is 13.6 Å². The van der Waals surface area contributed by atoms with Crippen molar-refractivity contribution in [3.05, 3.63) is 78.0 Å². The Labute approximate surface area is 191 Å². The standard InChI is InChI=1S/C25H27F2N3O3/c1-2-12-33-24-5-3-4-22-20(24)16-23(25(31)28-8-9-29-10-13-32-14-11-29)30(22)17-18-15-19(26)6-7-21(18)27/h2-7,15-16H,1,8-14,17H2,(H,28,31). The van der Waals surface area contributed by atoms with Crippen LogP contribution in [0.2, 0.25) is 0 Å². The minimum absolute atomic E-state index is 0.00419. The molecule has 1 N–H and O–H groups in total. The SMILES string of the molecule is C=CCOc1cccc2c1cc(C(=O)NCCN1CCOCC1)n2Cc1cc(F)ccc1F. The third-order valence-corrected chi connectivity index (χ3v) is 5.65. The lowest BCUT2D eigenvalue weighted by atomic mass is 10.2. The van der Waals surface area contributed by atoms with E-state index in [-0.39, 0.29) is 18.0 Å². The van der Waals surface area contributed by atoms with Crippen molar-refractivity contribution < 1.29 is 23.0 Å². The lowest BCUT2D eigenvalue weighted by molar-refractivity contribution is 0.0383. The second kappa shape index (κ2) is 10.6. The highest BCUT2D eigenvalue weighted by molar-refractivity contribution is 6.00. The molecule has 3 aromatic rings. The number of rotatable bonds is 9. The molecular formula is C25H27F2N3O3. The quantitative estimate of drug-likeness (QED) is 0.501. The van der Waals surface area contributed by atoms with Gasteiger partial charge in [-0.3, -0.25) is 9.69 Å². The normalized spacial score (nSPS) is 14.4. The van der Waals surface area contributed by atoms with Crippen molar-refractivity contribution in [1.82, 2.24) is 14.8 Å².